The van der Waals surface area contributed by atoms with Gasteiger partial charge < -0.3 is 0 Å². The van der Waals surface area contributed by atoms with E-state index in [1.54, 1.807) is 0 Å². The third-order valence-electron chi connectivity index (χ3n) is 8.50. The summed E-state index contributed by atoms with van der Waals surface area (Å²) in [7, 11) is 0. The van der Waals surface area contributed by atoms with Crippen LogP contribution in [0.25, 0.3) is 0 Å². The van der Waals surface area contributed by atoms with Gasteiger partial charge in [-0.3, -0.25) is 4.90 Å². The summed E-state index contributed by atoms with van der Waals surface area (Å²) in [6.45, 7) is 5.18. The Kier molecular flexibility index (Phi) is 8.11. The molecule has 4 aromatic carbocycles. The lowest BCUT2D eigenvalue weighted by atomic mass is 9.35. The van der Waals surface area contributed by atoms with Crippen molar-refractivity contribution in [2.75, 3.05) is 0 Å². The average molecular weight is 624 g/mol. The van der Waals surface area contributed by atoms with Crippen LogP contribution < -0.4 is 21.3 Å². The van der Waals surface area contributed by atoms with Crippen molar-refractivity contribution in [2.45, 2.75) is 52.1 Å². The van der Waals surface area contributed by atoms with Gasteiger partial charge in [-0.15, -0.1) is 0 Å². The van der Waals surface area contributed by atoms with Gasteiger partial charge in [0.25, 0.3) is 0 Å². The first-order chi connectivity index (χ1) is 20.6. The summed E-state index contributed by atoms with van der Waals surface area (Å²) in [6.07, 6.45) is 0.666. The molecule has 2 unspecified atom stereocenters. The molecule has 0 bridgehead atoms. The lowest BCUT2D eigenvalue weighted by Crippen LogP contribution is -3.15. The fraction of sp³-hybridized carbons (Fsp3) is 0.250. The summed E-state index contributed by atoms with van der Waals surface area (Å²) in [4.78, 5) is 0.801. The Bertz CT molecular complexity index is 1680. The smallest absolute Gasteiger partial charge is 0.200 e. The zero-order chi connectivity index (χ0) is 32.4. The highest BCUT2D eigenvalue weighted by atomic mass is 19.2. The molecule has 1 nitrogen and oxygen atoms in total. The Labute approximate surface area is 247 Å². The highest BCUT2D eigenvalue weighted by Crippen LogP contribution is 2.34. The maximum absolute atomic E-state index is 15.3. The van der Waals surface area contributed by atoms with Gasteiger partial charge in [0.05, 0.1) is 5.54 Å². The van der Waals surface area contributed by atoms with E-state index in [4.69, 9.17) is 0 Å². The molecule has 231 valence electrons. The van der Waals surface area contributed by atoms with Crippen molar-refractivity contribution in [3.8, 4) is 0 Å². The number of halogens is 10. The van der Waals surface area contributed by atoms with Crippen LogP contribution in [-0.4, -0.2) is 12.3 Å². The normalized spacial score (nSPS) is 17.7. The molecule has 1 aliphatic rings. The minimum absolute atomic E-state index is 0.0341. The summed E-state index contributed by atoms with van der Waals surface area (Å²) in [5.74, 6) is -24.6. The predicted octanol–water partition coefficient (Wildman–Crippen LogP) is 5.90. The SMILES string of the molecule is Cc1ccc2c(c1)[NH+](Cc1ccccc1[B-](c1c(F)c(F)c(F)c(F)c1F)c1c(F)c(F)c(F)c(F)c1F)C(C)(C)CC2C. The van der Waals surface area contributed by atoms with E-state index in [1.807, 2.05) is 45.9 Å². The Balaban J connectivity index is 1.83. The number of fused-ring (bicyclic) bond motifs is 1. The van der Waals surface area contributed by atoms with Crippen molar-refractivity contribution in [1.82, 2.24) is 0 Å². The van der Waals surface area contributed by atoms with Crippen LogP contribution >= 0.6 is 0 Å². The third kappa shape index (κ3) is 4.97. The first kappa shape index (κ1) is 31.6. The number of quaternary nitrogens is 1. The van der Waals surface area contributed by atoms with E-state index < -0.39 is 86.8 Å². The lowest BCUT2D eigenvalue weighted by Gasteiger charge is -2.43. The van der Waals surface area contributed by atoms with Gasteiger partial charge in [-0.1, -0.05) is 43.3 Å². The van der Waals surface area contributed by atoms with Gasteiger partial charge in [0, 0.05) is 18.1 Å². The van der Waals surface area contributed by atoms with Gasteiger partial charge in [-0.25, -0.2) is 49.4 Å². The molecule has 0 saturated carbocycles. The Hall–Kier alpha value is -3.80. The fourth-order valence-corrected chi connectivity index (χ4v) is 6.43. The van der Waals surface area contributed by atoms with Gasteiger partial charge >= 0.3 is 0 Å². The minimum atomic E-state index is -2.62. The van der Waals surface area contributed by atoms with Crippen LogP contribution in [0.1, 0.15) is 49.8 Å². The molecule has 0 fully saturated rings. The van der Waals surface area contributed by atoms with Crippen molar-refractivity contribution in [1.29, 1.82) is 0 Å². The van der Waals surface area contributed by atoms with E-state index in [9.17, 15) is 26.3 Å². The summed E-state index contributed by atoms with van der Waals surface area (Å²) in [6, 6.07) is 11.1. The number of hydrogen-bond acceptors (Lipinski definition) is 0. The zero-order valence-electron chi connectivity index (χ0n) is 23.9. The zero-order valence-corrected chi connectivity index (χ0v) is 23.9. The molecular formula is C32H25BF10N. The highest BCUT2D eigenvalue weighted by Gasteiger charge is 2.41. The molecule has 1 aliphatic heterocycles. The van der Waals surface area contributed by atoms with Gasteiger partial charge in [0.2, 0.25) is 0 Å². The monoisotopic (exact) mass is 624 g/mol. The van der Waals surface area contributed by atoms with Crippen molar-refractivity contribution in [2.24, 2.45) is 0 Å². The number of nitrogens with one attached hydrogen (secondary N) is 1. The minimum Gasteiger partial charge on any atom is -0.294 e. The molecule has 2 atom stereocenters. The summed E-state index contributed by atoms with van der Waals surface area (Å²) in [5.41, 5.74) is -1.53. The Morgan fingerprint density at radius 2 is 1.14 bits per heavy atom. The molecule has 0 amide bonds. The van der Waals surface area contributed by atoms with Crippen molar-refractivity contribution in [3.63, 3.8) is 0 Å². The van der Waals surface area contributed by atoms with Crippen molar-refractivity contribution in [3.05, 3.63) is 117 Å². The second kappa shape index (κ2) is 11.3. The molecule has 12 heteroatoms. The lowest BCUT2D eigenvalue weighted by molar-refractivity contribution is -0.903. The van der Waals surface area contributed by atoms with E-state index in [-0.39, 0.29) is 18.0 Å². The second-order valence-electron chi connectivity index (χ2n) is 11.8. The predicted molar refractivity (Wildman–Crippen MR) is 146 cm³/mol. The number of rotatable bonds is 5. The van der Waals surface area contributed by atoms with Gasteiger partial charge in [-0.05, 0) is 44.5 Å². The van der Waals surface area contributed by atoms with Crippen LogP contribution in [0.3, 0.4) is 0 Å². The largest absolute Gasteiger partial charge is 0.294 e. The third-order valence-corrected chi connectivity index (χ3v) is 8.50. The van der Waals surface area contributed by atoms with Crippen LogP contribution in [0.15, 0.2) is 42.5 Å². The second-order valence-corrected chi connectivity index (χ2v) is 11.8. The Morgan fingerprint density at radius 3 is 1.64 bits per heavy atom. The first-order valence-corrected chi connectivity index (χ1v) is 13.7. The molecule has 1 N–H and O–H groups in total. The van der Waals surface area contributed by atoms with E-state index in [2.05, 4.69) is 0 Å². The van der Waals surface area contributed by atoms with Crippen molar-refractivity contribution < 1.29 is 48.8 Å². The summed E-state index contributed by atoms with van der Waals surface area (Å²) >= 11 is 0. The van der Waals surface area contributed by atoms with Crippen LogP contribution in [0, 0.1) is 65.1 Å². The topological polar surface area (TPSA) is 4.44 Å². The van der Waals surface area contributed by atoms with Gasteiger partial charge in [-0.2, -0.15) is 10.9 Å². The maximum Gasteiger partial charge on any atom is 0.200 e. The molecule has 0 saturated heterocycles. The van der Waals surface area contributed by atoms with Crippen LogP contribution in [0.4, 0.5) is 49.6 Å². The van der Waals surface area contributed by atoms with Gasteiger partial charge in [0.1, 0.15) is 35.5 Å². The molecule has 5 rings (SSSR count). The maximum atomic E-state index is 15.3. The number of benzene rings is 4. The molecule has 1 radical (unpaired) electrons. The van der Waals surface area contributed by atoms with E-state index >= 15 is 17.6 Å². The Morgan fingerprint density at radius 1 is 0.682 bits per heavy atom. The van der Waals surface area contributed by atoms with Crippen LogP contribution in [-0.2, 0) is 6.54 Å². The standard InChI is InChI=1S/C32H24BF10N/c1-14-9-10-17-15(2)12-32(3,4)44(19(17)11-14)13-16-7-5-6-8-18(16)33(20-22(34)26(38)30(42)27(39)23(20)35)21-24(36)28(40)31(43)29(41)25(21)37/h5-11,15H,12-13H2,1-4H3/q-1/p+1. The fourth-order valence-electron chi connectivity index (χ4n) is 6.43. The van der Waals surface area contributed by atoms with Crippen molar-refractivity contribution >= 4 is 28.8 Å². The van der Waals surface area contributed by atoms with E-state index in [0.29, 0.717) is 6.42 Å². The quantitative estimate of drug-likeness (QED) is 0.122. The van der Waals surface area contributed by atoms with E-state index in [1.165, 1.54) is 18.2 Å². The molecule has 1 heterocycles. The summed E-state index contributed by atoms with van der Waals surface area (Å²) < 4.78 is 147. The molecule has 4 aromatic rings. The first-order valence-electron chi connectivity index (χ1n) is 13.7. The van der Waals surface area contributed by atoms with Gasteiger partial charge in [0.15, 0.2) is 34.9 Å². The molecule has 0 spiro atoms. The molecule has 0 aliphatic carbocycles. The average Bonchev–Trinajstić information content (AvgIpc) is 2.98. The number of hydrogen-bond donors (Lipinski definition) is 1. The highest BCUT2D eigenvalue weighted by molar-refractivity contribution is 6.96. The van der Waals surface area contributed by atoms with Crippen LogP contribution in [0.2, 0.25) is 0 Å². The van der Waals surface area contributed by atoms with Crippen LogP contribution in [0.5, 0.6) is 0 Å². The summed E-state index contributed by atoms with van der Waals surface area (Å²) in [5, 5.41) is 0. The van der Waals surface area contributed by atoms with E-state index in [0.717, 1.165) is 27.8 Å². The molecule has 0 aromatic heterocycles. The molecular weight excluding hydrogens is 599 g/mol. The molecule has 44 heavy (non-hydrogen) atoms. The number of aryl methyl sites for hydroxylation is 1.